The van der Waals surface area contributed by atoms with E-state index in [1.165, 1.54) is 11.3 Å². The lowest BCUT2D eigenvalue weighted by Gasteiger charge is -2.10. The summed E-state index contributed by atoms with van der Waals surface area (Å²) >= 11 is 1.36. The zero-order valence-corrected chi connectivity index (χ0v) is 14.3. The monoisotopic (exact) mass is 348 g/mol. The van der Waals surface area contributed by atoms with Crippen LogP contribution in [0.4, 0.5) is 9.93 Å². The summed E-state index contributed by atoms with van der Waals surface area (Å²) in [6, 6.07) is 7.52. The van der Waals surface area contributed by atoms with Gasteiger partial charge in [0.25, 0.3) is 0 Å². The number of anilines is 1. The third kappa shape index (κ3) is 4.65. The van der Waals surface area contributed by atoms with E-state index in [4.69, 9.17) is 9.47 Å². The van der Waals surface area contributed by atoms with E-state index in [-0.39, 0.29) is 12.1 Å². The molecule has 0 radical (unpaired) electrons. The summed E-state index contributed by atoms with van der Waals surface area (Å²) < 4.78 is 10.7. The molecule has 0 bridgehead atoms. The number of hydrogen-bond acceptors (Lipinski definition) is 6. The van der Waals surface area contributed by atoms with E-state index >= 15 is 0 Å². The predicted octanol–water partition coefficient (Wildman–Crippen LogP) is 2.44. The first-order valence-corrected chi connectivity index (χ1v) is 8.66. The van der Waals surface area contributed by atoms with Crippen LogP contribution in [0.3, 0.4) is 0 Å². The Hall–Kier alpha value is -2.19. The number of ether oxygens (including phenoxy) is 2. The Morgan fingerprint density at radius 2 is 2.38 bits per heavy atom. The number of carbonyl (C=O) groups is 1. The maximum Gasteiger partial charge on any atom is 0.321 e. The molecular formula is C16H20N4O3S. The fraction of sp³-hybridized carbons (Fsp3) is 0.438. The summed E-state index contributed by atoms with van der Waals surface area (Å²) in [7, 11) is 1.64. The van der Waals surface area contributed by atoms with Gasteiger partial charge in [0.15, 0.2) is 0 Å². The molecule has 1 aliphatic rings. The lowest BCUT2D eigenvalue weighted by atomic mass is 10.1. The molecule has 8 heteroatoms. The van der Waals surface area contributed by atoms with Gasteiger partial charge in [0, 0.05) is 19.6 Å². The summed E-state index contributed by atoms with van der Waals surface area (Å²) in [6.07, 6.45) is 2.81. The average Bonchev–Trinajstić information content (AvgIpc) is 3.25. The Labute approximate surface area is 144 Å². The fourth-order valence-corrected chi connectivity index (χ4v) is 3.25. The van der Waals surface area contributed by atoms with Crippen LogP contribution in [0.5, 0.6) is 5.75 Å². The molecule has 128 valence electrons. The Morgan fingerprint density at radius 3 is 3.17 bits per heavy atom. The highest BCUT2D eigenvalue weighted by Gasteiger charge is 2.16. The molecule has 1 fully saturated rings. The number of aromatic nitrogens is 2. The second kappa shape index (κ2) is 8.07. The maximum atomic E-state index is 11.9. The van der Waals surface area contributed by atoms with Gasteiger partial charge in [0.2, 0.25) is 5.13 Å². The molecule has 7 nitrogen and oxygen atoms in total. The van der Waals surface area contributed by atoms with Gasteiger partial charge in [-0.25, -0.2) is 4.79 Å². The Kier molecular flexibility index (Phi) is 5.60. The van der Waals surface area contributed by atoms with Crippen molar-refractivity contribution in [2.75, 3.05) is 25.6 Å². The molecule has 2 heterocycles. The van der Waals surface area contributed by atoms with E-state index in [0.29, 0.717) is 18.1 Å². The molecule has 1 aliphatic heterocycles. The van der Waals surface area contributed by atoms with Gasteiger partial charge in [-0.1, -0.05) is 23.5 Å². The first-order chi connectivity index (χ1) is 11.7. The fourth-order valence-electron chi connectivity index (χ4n) is 2.49. The molecule has 0 saturated carbocycles. The van der Waals surface area contributed by atoms with E-state index in [2.05, 4.69) is 20.8 Å². The number of urea groups is 1. The molecule has 1 aromatic heterocycles. The van der Waals surface area contributed by atoms with Crippen LogP contribution < -0.4 is 15.4 Å². The highest BCUT2D eigenvalue weighted by Crippen LogP contribution is 2.20. The number of rotatable bonds is 6. The number of hydrogen-bond donors (Lipinski definition) is 2. The van der Waals surface area contributed by atoms with Crippen molar-refractivity contribution < 1.29 is 14.3 Å². The quantitative estimate of drug-likeness (QED) is 0.837. The normalized spacial score (nSPS) is 16.8. The highest BCUT2D eigenvalue weighted by atomic mass is 32.1. The molecule has 3 rings (SSSR count). The van der Waals surface area contributed by atoms with Crippen molar-refractivity contribution >= 4 is 22.5 Å². The van der Waals surface area contributed by atoms with Crippen molar-refractivity contribution in [2.24, 2.45) is 0 Å². The first kappa shape index (κ1) is 16.7. The number of benzene rings is 1. The van der Waals surface area contributed by atoms with Crippen molar-refractivity contribution in [1.29, 1.82) is 0 Å². The largest absolute Gasteiger partial charge is 0.497 e. The summed E-state index contributed by atoms with van der Waals surface area (Å²) in [5.74, 6) is 0.809. The number of carbonyl (C=O) groups excluding carboxylic acids is 1. The van der Waals surface area contributed by atoms with Crippen LogP contribution in [-0.2, 0) is 11.2 Å². The number of nitrogens with one attached hydrogen (secondary N) is 2. The minimum absolute atomic E-state index is 0.119. The van der Waals surface area contributed by atoms with Crippen LogP contribution in [0.25, 0.3) is 0 Å². The van der Waals surface area contributed by atoms with Crippen LogP contribution in [0.1, 0.15) is 23.4 Å². The Bertz CT molecular complexity index is 685. The molecule has 1 saturated heterocycles. The van der Waals surface area contributed by atoms with Crippen LogP contribution in [0, 0.1) is 0 Å². The van der Waals surface area contributed by atoms with Gasteiger partial charge in [-0.15, -0.1) is 10.2 Å². The average molecular weight is 348 g/mol. The standard InChI is InChI=1S/C16H20N4O3S/c1-22-12-5-2-4-11(8-12)9-14-19-20-16(24-14)18-15(21)17-10-13-6-3-7-23-13/h2,4-5,8,13H,3,6-7,9-10H2,1H3,(H2,17,18,20,21). The van der Waals surface area contributed by atoms with E-state index in [9.17, 15) is 4.79 Å². The lowest BCUT2D eigenvalue weighted by Crippen LogP contribution is -2.34. The zero-order chi connectivity index (χ0) is 16.8. The first-order valence-electron chi connectivity index (χ1n) is 7.84. The van der Waals surface area contributed by atoms with Gasteiger partial charge in [-0.3, -0.25) is 5.32 Å². The van der Waals surface area contributed by atoms with Crippen LogP contribution in [0.15, 0.2) is 24.3 Å². The Balaban J connectivity index is 1.50. The van der Waals surface area contributed by atoms with E-state index < -0.39 is 0 Å². The van der Waals surface area contributed by atoms with E-state index in [0.717, 1.165) is 35.8 Å². The van der Waals surface area contributed by atoms with E-state index in [1.54, 1.807) is 7.11 Å². The SMILES string of the molecule is COc1cccc(Cc2nnc(NC(=O)NCC3CCCO3)s2)c1. The van der Waals surface area contributed by atoms with Gasteiger partial charge in [0.05, 0.1) is 13.2 Å². The smallest absolute Gasteiger partial charge is 0.321 e. The van der Waals surface area contributed by atoms with Gasteiger partial charge < -0.3 is 14.8 Å². The second-order valence-corrected chi connectivity index (χ2v) is 6.56. The summed E-state index contributed by atoms with van der Waals surface area (Å²) in [4.78, 5) is 11.9. The molecular weight excluding hydrogens is 328 g/mol. The van der Waals surface area contributed by atoms with Crippen molar-refractivity contribution in [1.82, 2.24) is 15.5 Å². The number of methoxy groups -OCH3 is 1. The molecule has 2 amide bonds. The molecule has 24 heavy (non-hydrogen) atoms. The topological polar surface area (TPSA) is 85.4 Å². The number of amides is 2. The highest BCUT2D eigenvalue weighted by molar-refractivity contribution is 7.15. The summed E-state index contributed by atoms with van der Waals surface area (Å²) in [5.41, 5.74) is 1.08. The van der Waals surface area contributed by atoms with Crippen LogP contribution in [0.2, 0.25) is 0 Å². The molecule has 0 spiro atoms. The summed E-state index contributed by atoms with van der Waals surface area (Å²) in [6.45, 7) is 1.29. The molecule has 1 aromatic carbocycles. The lowest BCUT2D eigenvalue weighted by molar-refractivity contribution is 0.112. The second-order valence-electron chi connectivity index (χ2n) is 5.50. The van der Waals surface area contributed by atoms with Crippen LogP contribution >= 0.6 is 11.3 Å². The summed E-state index contributed by atoms with van der Waals surface area (Å²) in [5, 5.41) is 14.9. The Morgan fingerprint density at radius 1 is 1.46 bits per heavy atom. The van der Waals surface area contributed by atoms with Crippen molar-refractivity contribution in [3.05, 3.63) is 34.8 Å². The zero-order valence-electron chi connectivity index (χ0n) is 13.4. The maximum absolute atomic E-state index is 11.9. The van der Waals surface area contributed by atoms with Crippen molar-refractivity contribution in [2.45, 2.75) is 25.4 Å². The minimum Gasteiger partial charge on any atom is -0.497 e. The van der Waals surface area contributed by atoms with Gasteiger partial charge in [0.1, 0.15) is 10.8 Å². The van der Waals surface area contributed by atoms with Gasteiger partial charge >= 0.3 is 6.03 Å². The third-order valence-electron chi connectivity index (χ3n) is 3.69. The van der Waals surface area contributed by atoms with Gasteiger partial charge in [-0.05, 0) is 30.5 Å². The van der Waals surface area contributed by atoms with Crippen molar-refractivity contribution in [3.8, 4) is 5.75 Å². The number of nitrogens with zero attached hydrogens (tertiary/aromatic N) is 2. The predicted molar refractivity (Wildman–Crippen MR) is 91.7 cm³/mol. The van der Waals surface area contributed by atoms with E-state index in [1.807, 2.05) is 24.3 Å². The molecule has 1 atom stereocenters. The third-order valence-corrected chi connectivity index (χ3v) is 4.53. The van der Waals surface area contributed by atoms with Gasteiger partial charge in [-0.2, -0.15) is 0 Å². The molecule has 1 unspecified atom stereocenters. The molecule has 2 N–H and O–H groups in total. The molecule has 0 aliphatic carbocycles. The van der Waals surface area contributed by atoms with Crippen LogP contribution in [-0.4, -0.2) is 42.6 Å². The molecule has 2 aromatic rings. The van der Waals surface area contributed by atoms with Crippen molar-refractivity contribution in [3.63, 3.8) is 0 Å². The minimum atomic E-state index is -0.283.